The number of rotatable bonds is 2. The Labute approximate surface area is 106 Å². The predicted octanol–water partition coefficient (Wildman–Crippen LogP) is 4.17. The molecule has 2 rings (SSSR count). The van der Waals surface area contributed by atoms with Gasteiger partial charge in [-0.2, -0.15) is 13.2 Å². The van der Waals surface area contributed by atoms with Gasteiger partial charge in [0, 0.05) is 5.69 Å². The molecule has 0 spiro atoms. The van der Waals surface area contributed by atoms with Crippen molar-refractivity contribution in [3.8, 4) is 0 Å². The van der Waals surface area contributed by atoms with E-state index in [9.17, 15) is 17.6 Å². The van der Waals surface area contributed by atoms with Gasteiger partial charge in [-0.05, 0) is 36.4 Å². The van der Waals surface area contributed by atoms with Gasteiger partial charge in [0.05, 0.1) is 16.9 Å². The summed E-state index contributed by atoms with van der Waals surface area (Å²) < 4.78 is 50.5. The summed E-state index contributed by atoms with van der Waals surface area (Å²) >= 11 is 0. The monoisotopic (exact) mass is 270 g/mol. The van der Waals surface area contributed by atoms with E-state index in [4.69, 9.17) is 5.73 Å². The zero-order valence-corrected chi connectivity index (χ0v) is 9.63. The second-order valence-corrected chi connectivity index (χ2v) is 3.94. The molecule has 0 atom stereocenters. The summed E-state index contributed by atoms with van der Waals surface area (Å²) in [6.45, 7) is 0. The minimum Gasteiger partial charge on any atom is -0.397 e. The number of nitrogen functional groups attached to an aromatic ring is 1. The topological polar surface area (TPSA) is 38.0 Å². The van der Waals surface area contributed by atoms with Gasteiger partial charge in [-0.25, -0.2) is 4.39 Å². The summed E-state index contributed by atoms with van der Waals surface area (Å²) in [6.07, 6.45) is -4.41. The zero-order valence-electron chi connectivity index (χ0n) is 9.63. The van der Waals surface area contributed by atoms with Gasteiger partial charge < -0.3 is 11.1 Å². The second kappa shape index (κ2) is 4.79. The Hall–Kier alpha value is -2.24. The highest BCUT2D eigenvalue weighted by Crippen LogP contribution is 2.32. The lowest BCUT2D eigenvalue weighted by atomic mass is 10.2. The van der Waals surface area contributed by atoms with Crippen molar-refractivity contribution in [3.63, 3.8) is 0 Å². The number of benzene rings is 2. The van der Waals surface area contributed by atoms with E-state index in [2.05, 4.69) is 5.32 Å². The van der Waals surface area contributed by atoms with Gasteiger partial charge in [0.15, 0.2) is 0 Å². The maximum absolute atomic E-state index is 12.9. The smallest absolute Gasteiger partial charge is 0.397 e. The summed E-state index contributed by atoms with van der Waals surface area (Å²) in [5.41, 5.74) is 5.50. The van der Waals surface area contributed by atoms with Crippen molar-refractivity contribution in [3.05, 3.63) is 53.8 Å². The van der Waals surface area contributed by atoms with Crippen LogP contribution < -0.4 is 11.1 Å². The van der Waals surface area contributed by atoms with E-state index >= 15 is 0 Å². The summed E-state index contributed by atoms with van der Waals surface area (Å²) in [5, 5.41) is 2.72. The minimum absolute atomic E-state index is 0.123. The molecule has 2 aromatic carbocycles. The van der Waals surface area contributed by atoms with E-state index in [0.29, 0.717) is 5.69 Å². The summed E-state index contributed by atoms with van der Waals surface area (Å²) in [5.74, 6) is -0.507. The molecule has 0 radical (unpaired) electrons. The molecule has 6 heteroatoms. The quantitative estimate of drug-likeness (QED) is 0.635. The van der Waals surface area contributed by atoms with E-state index in [1.165, 1.54) is 24.3 Å². The second-order valence-electron chi connectivity index (χ2n) is 3.94. The van der Waals surface area contributed by atoms with Crippen LogP contribution in [0.4, 0.5) is 34.6 Å². The fourth-order valence-corrected chi connectivity index (χ4v) is 1.58. The van der Waals surface area contributed by atoms with Crippen LogP contribution in [-0.4, -0.2) is 0 Å². The Morgan fingerprint density at radius 2 is 1.74 bits per heavy atom. The molecule has 2 aromatic rings. The highest BCUT2D eigenvalue weighted by Gasteiger charge is 2.30. The third-order valence-corrected chi connectivity index (χ3v) is 2.48. The molecule has 0 aliphatic heterocycles. The van der Waals surface area contributed by atoms with Crippen LogP contribution in [0.2, 0.25) is 0 Å². The average Bonchev–Trinajstić information content (AvgIpc) is 2.32. The van der Waals surface area contributed by atoms with Crippen molar-refractivity contribution in [1.82, 2.24) is 0 Å². The molecule has 3 N–H and O–H groups in total. The van der Waals surface area contributed by atoms with Gasteiger partial charge in [0.1, 0.15) is 5.82 Å². The van der Waals surface area contributed by atoms with E-state index in [1.54, 1.807) is 0 Å². The molecule has 0 aliphatic rings. The fraction of sp³-hybridized carbons (Fsp3) is 0.0769. The van der Waals surface area contributed by atoms with Crippen LogP contribution >= 0.6 is 0 Å². The fourth-order valence-electron chi connectivity index (χ4n) is 1.58. The summed E-state index contributed by atoms with van der Waals surface area (Å²) in [6, 6.07) is 8.32. The highest BCUT2D eigenvalue weighted by molar-refractivity contribution is 5.72. The number of halogens is 4. The van der Waals surface area contributed by atoms with E-state index in [0.717, 1.165) is 18.2 Å². The van der Waals surface area contributed by atoms with Crippen molar-refractivity contribution in [2.24, 2.45) is 0 Å². The molecule has 2 nitrogen and oxygen atoms in total. The molecular weight excluding hydrogens is 260 g/mol. The Kier molecular flexibility index (Phi) is 3.33. The largest absolute Gasteiger partial charge is 0.416 e. The van der Waals surface area contributed by atoms with Crippen LogP contribution in [0.5, 0.6) is 0 Å². The van der Waals surface area contributed by atoms with E-state index < -0.39 is 17.6 Å². The Balaban J connectivity index is 2.29. The molecule has 0 fully saturated rings. The van der Waals surface area contributed by atoms with Gasteiger partial charge in [-0.3, -0.25) is 0 Å². The Bertz CT molecular complexity index is 593. The lowest BCUT2D eigenvalue weighted by Gasteiger charge is -2.12. The van der Waals surface area contributed by atoms with Gasteiger partial charge in [-0.15, -0.1) is 0 Å². The van der Waals surface area contributed by atoms with Crippen LogP contribution in [0, 0.1) is 5.82 Å². The first-order chi connectivity index (χ1) is 8.86. The average molecular weight is 270 g/mol. The maximum Gasteiger partial charge on any atom is 0.416 e. The molecule has 0 unspecified atom stereocenters. The van der Waals surface area contributed by atoms with Crippen molar-refractivity contribution >= 4 is 17.1 Å². The number of hydrogen-bond donors (Lipinski definition) is 2. The van der Waals surface area contributed by atoms with Gasteiger partial charge in [0.25, 0.3) is 0 Å². The zero-order chi connectivity index (χ0) is 14.0. The molecule has 0 saturated carbocycles. The standard InChI is InChI=1S/C13H10F4N2/c14-9-4-5-12(11(18)7-9)19-10-3-1-2-8(6-10)13(15,16)17/h1-7,19H,18H2. The lowest BCUT2D eigenvalue weighted by molar-refractivity contribution is -0.137. The molecule has 0 bridgehead atoms. The molecule has 19 heavy (non-hydrogen) atoms. The molecule has 0 amide bonds. The van der Waals surface area contributed by atoms with E-state index in [-0.39, 0.29) is 11.4 Å². The van der Waals surface area contributed by atoms with Crippen molar-refractivity contribution in [2.75, 3.05) is 11.1 Å². The van der Waals surface area contributed by atoms with Crippen molar-refractivity contribution in [2.45, 2.75) is 6.18 Å². The summed E-state index contributed by atoms with van der Waals surface area (Å²) in [4.78, 5) is 0. The number of alkyl halides is 3. The molecule has 100 valence electrons. The molecule has 0 aromatic heterocycles. The third kappa shape index (κ3) is 3.15. The number of anilines is 3. The number of nitrogens with two attached hydrogens (primary N) is 1. The molecular formula is C13H10F4N2. The van der Waals surface area contributed by atoms with E-state index in [1.807, 2.05) is 0 Å². The van der Waals surface area contributed by atoms with Gasteiger partial charge in [-0.1, -0.05) is 6.07 Å². The summed E-state index contributed by atoms with van der Waals surface area (Å²) in [7, 11) is 0. The van der Waals surface area contributed by atoms with Gasteiger partial charge >= 0.3 is 6.18 Å². The molecule has 0 saturated heterocycles. The minimum atomic E-state index is -4.41. The highest BCUT2D eigenvalue weighted by atomic mass is 19.4. The van der Waals surface area contributed by atoms with Gasteiger partial charge in [0.2, 0.25) is 0 Å². The molecule has 0 heterocycles. The Morgan fingerprint density at radius 1 is 1.00 bits per heavy atom. The maximum atomic E-state index is 12.9. The molecule has 0 aliphatic carbocycles. The van der Waals surface area contributed by atoms with Crippen LogP contribution in [0.15, 0.2) is 42.5 Å². The predicted molar refractivity (Wildman–Crippen MR) is 65.5 cm³/mol. The van der Waals surface area contributed by atoms with Crippen LogP contribution in [0.3, 0.4) is 0 Å². The normalized spacial score (nSPS) is 11.4. The SMILES string of the molecule is Nc1cc(F)ccc1Nc1cccc(C(F)(F)F)c1. The van der Waals surface area contributed by atoms with Crippen LogP contribution in [0.1, 0.15) is 5.56 Å². The number of nitrogens with one attached hydrogen (secondary N) is 1. The first-order valence-electron chi connectivity index (χ1n) is 5.35. The third-order valence-electron chi connectivity index (χ3n) is 2.48. The van der Waals surface area contributed by atoms with Crippen molar-refractivity contribution in [1.29, 1.82) is 0 Å². The Morgan fingerprint density at radius 3 is 2.37 bits per heavy atom. The van der Waals surface area contributed by atoms with Crippen LogP contribution in [0.25, 0.3) is 0 Å². The first kappa shape index (κ1) is 13.2. The van der Waals surface area contributed by atoms with Crippen LogP contribution in [-0.2, 0) is 6.18 Å². The lowest BCUT2D eigenvalue weighted by Crippen LogP contribution is -2.05. The first-order valence-corrected chi connectivity index (χ1v) is 5.35. The van der Waals surface area contributed by atoms with Crippen molar-refractivity contribution < 1.29 is 17.6 Å². The number of hydrogen-bond acceptors (Lipinski definition) is 2.